The number of anilines is 1. The average Bonchev–Trinajstić information content (AvgIpc) is 2.87. The van der Waals surface area contributed by atoms with Crippen molar-refractivity contribution in [2.24, 2.45) is 0 Å². The molecule has 0 aliphatic carbocycles. The van der Waals surface area contributed by atoms with E-state index < -0.39 is 17.8 Å². The minimum atomic E-state index is -1.00. The van der Waals surface area contributed by atoms with Crippen molar-refractivity contribution >= 4 is 61.5 Å². The highest BCUT2D eigenvalue weighted by atomic mass is 79.9. The van der Waals surface area contributed by atoms with Gasteiger partial charge >= 0.3 is 11.9 Å². The van der Waals surface area contributed by atoms with Gasteiger partial charge in [-0.3, -0.25) is 4.79 Å². The van der Waals surface area contributed by atoms with Gasteiger partial charge < -0.3 is 19.9 Å². The van der Waals surface area contributed by atoms with Gasteiger partial charge in [0.05, 0.1) is 26.7 Å². The number of carbonyl (C=O) groups excluding carboxylic acids is 2. The molecule has 0 spiro atoms. The molecular weight excluding hydrogens is 608 g/mol. The molecule has 0 unspecified atom stereocenters. The van der Waals surface area contributed by atoms with E-state index in [1.54, 1.807) is 43.3 Å². The van der Waals surface area contributed by atoms with E-state index in [4.69, 9.17) is 14.6 Å². The molecule has 0 bridgehead atoms. The largest absolute Gasteiger partial charge is 0.487 e. The number of benzene rings is 3. The number of carbonyl (C=O) groups is 3. The summed E-state index contributed by atoms with van der Waals surface area (Å²) in [5.74, 6) is -1.57. The van der Waals surface area contributed by atoms with Gasteiger partial charge in [0.15, 0.2) is 0 Å². The SMILES string of the molecule is CCOC(=O)c1ccc(NC(=O)/C(C#N)=C/c2cc(Br)c(OCc3ccc(C(=O)O)cc3)c(Br)c2)cc1. The quantitative estimate of drug-likeness (QED) is 0.164. The molecular formula is C27H20Br2N2O6. The molecule has 37 heavy (non-hydrogen) atoms. The van der Waals surface area contributed by atoms with Crippen molar-refractivity contribution in [3.05, 3.63) is 97.4 Å². The van der Waals surface area contributed by atoms with Crippen molar-refractivity contribution < 1.29 is 29.0 Å². The number of hydrogen-bond donors (Lipinski definition) is 2. The fourth-order valence-electron chi connectivity index (χ4n) is 3.12. The Morgan fingerprint density at radius 3 is 2.14 bits per heavy atom. The number of esters is 1. The Morgan fingerprint density at radius 2 is 1.59 bits per heavy atom. The second-order valence-corrected chi connectivity index (χ2v) is 9.23. The summed E-state index contributed by atoms with van der Waals surface area (Å²) in [5.41, 5.74) is 2.19. The van der Waals surface area contributed by atoms with Crippen LogP contribution in [0.1, 0.15) is 38.8 Å². The lowest BCUT2D eigenvalue weighted by atomic mass is 10.1. The molecule has 2 N–H and O–H groups in total. The molecule has 0 aliphatic heterocycles. The fourth-order valence-corrected chi connectivity index (χ4v) is 4.57. The van der Waals surface area contributed by atoms with Crippen molar-refractivity contribution in [1.29, 1.82) is 5.26 Å². The van der Waals surface area contributed by atoms with E-state index in [1.165, 1.54) is 30.3 Å². The minimum absolute atomic E-state index is 0.125. The van der Waals surface area contributed by atoms with Gasteiger partial charge in [-0.05, 0) is 105 Å². The molecule has 0 aromatic heterocycles. The van der Waals surface area contributed by atoms with E-state index >= 15 is 0 Å². The van der Waals surface area contributed by atoms with E-state index in [2.05, 4.69) is 37.2 Å². The zero-order valence-corrected chi connectivity index (χ0v) is 22.6. The third kappa shape index (κ3) is 7.52. The second kappa shape index (κ2) is 12.9. The first-order chi connectivity index (χ1) is 17.7. The average molecular weight is 628 g/mol. The van der Waals surface area contributed by atoms with Gasteiger partial charge in [0, 0.05) is 5.69 Å². The standard InChI is InChI=1S/C27H20Br2N2O6/c1-2-36-27(35)19-7-9-21(10-8-19)31-25(32)20(14-30)11-17-12-22(28)24(23(29)13-17)37-15-16-3-5-18(6-4-16)26(33)34/h3-13H,2,15H2,1H3,(H,31,32)(H,33,34)/b20-11+. The minimum Gasteiger partial charge on any atom is -0.487 e. The number of hydrogen-bond acceptors (Lipinski definition) is 6. The molecule has 0 radical (unpaired) electrons. The first-order valence-corrected chi connectivity index (χ1v) is 12.4. The summed E-state index contributed by atoms with van der Waals surface area (Å²) < 4.78 is 12.0. The van der Waals surface area contributed by atoms with Crippen LogP contribution in [-0.2, 0) is 16.1 Å². The lowest BCUT2D eigenvalue weighted by Crippen LogP contribution is -2.13. The van der Waals surface area contributed by atoms with Crippen LogP contribution in [0.2, 0.25) is 0 Å². The van der Waals surface area contributed by atoms with Crippen LogP contribution >= 0.6 is 31.9 Å². The predicted molar refractivity (Wildman–Crippen MR) is 144 cm³/mol. The molecule has 0 saturated carbocycles. The van der Waals surface area contributed by atoms with Crippen molar-refractivity contribution in [2.75, 3.05) is 11.9 Å². The monoisotopic (exact) mass is 626 g/mol. The molecule has 0 fully saturated rings. The van der Waals surface area contributed by atoms with Crippen LogP contribution in [0.3, 0.4) is 0 Å². The van der Waals surface area contributed by atoms with Crippen LogP contribution in [0.5, 0.6) is 5.75 Å². The normalized spacial score (nSPS) is 10.8. The molecule has 0 atom stereocenters. The van der Waals surface area contributed by atoms with Crippen molar-refractivity contribution in [3.63, 3.8) is 0 Å². The third-order valence-electron chi connectivity index (χ3n) is 4.93. The maximum absolute atomic E-state index is 12.7. The molecule has 3 rings (SSSR count). The smallest absolute Gasteiger partial charge is 0.338 e. The molecule has 1 amide bonds. The fraction of sp³-hybridized carbons (Fsp3) is 0.111. The van der Waals surface area contributed by atoms with Crippen molar-refractivity contribution in [3.8, 4) is 11.8 Å². The Labute approximate surface area is 229 Å². The van der Waals surface area contributed by atoms with Crippen LogP contribution in [0.25, 0.3) is 6.08 Å². The van der Waals surface area contributed by atoms with Crippen LogP contribution in [0, 0.1) is 11.3 Å². The Bertz CT molecular complexity index is 1370. The molecule has 8 nitrogen and oxygen atoms in total. The summed E-state index contributed by atoms with van der Waals surface area (Å²) in [4.78, 5) is 35.4. The number of aromatic carboxylic acids is 1. The van der Waals surface area contributed by atoms with Crippen LogP contribution in [0.15, 0.2) is 75.2 Å². The van der Waals surface area contributed by atoms with E-state index in [9.17, 15) is 19.6 Å². The van der Waals surface area contributed by atoms with Crippen molar-refractivity contribution in [1.82, 2.24) is 0 Å². The van der Waals surface area contributed by atoms with Crippen molar-refractivity contribution in [2.45, 2.75) is 13.5 Å². The van der Waals surface area contributed by atoms with Gasteiger partial charge in [-0.2, -0.15) is 5.26 Å². The Kier molecular flexibility index (Phi) is 9.60. The molecule has 3 aromatic rings. The Hall–Kier alpha value is -3.94. The number of carboxylic acids is 1. The Morgan fingerprint density at radius 1 is 1.00 bits per heavy atom. The van der Waals surface area contributed by atoms with Gasteiger partial charge in [0.2, 0.25) is 0 Å². The van der Waals surface area contributed by atoms with E-state index in [0.29, 0.717) is 31.5 Å². The highest BCUT2D eigenvalue weighted by Gasteiger charge is 2.14. The number of rotatable bonds is 9. The van der Waals surface area contributed by atoms with E-state index in [-0.39, 0.29) is 24.4 Å². The number of nitrogens with one attached hydrogen (secondary N) is 1. The summed E-state index contributed by atoms with van der Waals surface area (Å²) in [6, 6.07) is 17.8. The zero-order chi connectivity index (χ0) is 26.9. The number of carboxylic acid groups (broad SMARTS) is 1. The molecule has 3 aromatic carbocycles. The summed E-state index contributed by atoms with van der Waals surface area (Å²) >= 11 is 6.90. The molecule has 10 heteroatoms. The number of amides is 1. The summed E-state index contributed by atoms with van der Waals surface area (Å²) in [6.07, 6.45) is 1.44. The molecule has 0 saturated heterocycles. The number of nitriles is 1. The lowest BCUT2D eigenvalue weighted by Gasteiger charge is -2.12. The van der Waals surface area contributed by atoms with Gasteiger partial charge in [-0.15, -0.1) is 0 Å². The molecule has 188 valence electrons. The highest BCUT2D eigenvalue weighted by Crippen LogP contribution is 2.36. The number of nitrogens with zero attached hydrogens (tertiary/aromatic N) is 1. The van der Waals surface area contributed by atoms with Crippen LogP contribution in [0.4, 0.5) is 5.69 Å². The summed E-state index contributed by atoms with van der Waals surface area (Å²) in [6.45, 7) is 2.17. The summed E-state index contributed by atoms with van der Waals surface area (Å²) in [7, 11) is 0. The van der Waals surface area contributed by atoms with Gasteiger partial charge in [-0.25, -0.2) is 9.59 Å². The third-order valence-corrected chi connectivity index (χ3v) is 6.11. The van der Waals surface area contributed by atoms with Gasteiger partial charge in [0.25, 0.3) is 5.91 Å². The van der Waals surface area contributed by atoms with Gasteiger partial charge in [-0.1, -0.05) is 12.1 Å². The first-order valence-electron chi connectivity index (χ1n) is 10.9. The number of ether oxygens (including phenoxy) is 2. The Balaban J connectivity index is 1.70. The predicted octanol–water partition coefficient (Wildman–Crippen LogP) is 6.21. The zero-order valence-electron chi connectivity index (χ0n) is 19.5. The van der Waals surface area contributed by atoms with Crippen LogP contribution < -0.4 is 10.1 Å². The first kappa shape index (κ1) is 27.6. The summed E-state index contributed by atoms with van der Waals surface area (Å²) in [5, 5.41) is 21.2. The maximum Gasteiger partial charge on any atom is 0.338 e. The number of halogens is 2. The van der Waals surface area contributed by atoms with E-state index in [1.807, 2.05) is 6.07 Å². The maximum atomic E-state index is 12.7. The van der Waals surface area contributed by atoms with E-state index in [0.717, 1.165) is 5.56 Å². The second-order valence-electron chi connectivity index (χ2n) is 7.53. The lowest BCUT2D eigenvalue weighted by molar-refractivity contribution is -0.112. The van der Waals surface area contributed by atoms with Crippen LogP contribution in [-0.4, -0.2) is 29.6 Å². The van der Waals surface area contributed by atoms with Gasteiger partial charge in [0.1, 0.15) is 24.0 Å². The highest BCUT2D eigenvalue weighted by molar-refractivity contribution is 9.11. The topological polar surface area (TPSA) is 126 Å². The molecule has 0 aliphatic rings. The molecule has 0 heterocycles.